The standard InChI is InChI=1S/C18H14ClNO/c1-21-17-11-5-3-7-13(17)14-9-6-12-20-18(14)15-8-2-4-10-16(15)19/h2-12H,1H3. The average molecular weight is 296 g/mol. The molecule has 21 heavy (non-hydrogen) atoms. The molecule has 0 bridgehead atoms. The summed E-state index contributed by atoms with van der Waals surface area (Å²) in [4.78, 5) is 4.52. The maximum atomic E-state index is 6.32. The molecule has 104 valence electrons. The molecule has 1 heterocycles. The first-order chi connectivity index (χ1) is 10.3. The van der Waals surface area contributed by atoms with Gasteiger partial charge in [-0.2, -0.15) is 0 Å². The van der Waals surface area contributed by atoms with E-state index in [2.05, 4.69) is 4.98 Å². The topological polar surface area (TPSA) is 22.1 Å². The Balaban J connectivity index is 2.24. The highest BCUT2D eigenvalue weighted by atomic mass is 35.5. The first-order valence-corrected chi connectivity index (χ1v) is 7.02. The maximum Gasteiger partial charge on any atom is 0.126 e. The number of para-hydroxylation sites is 1. The minimum Gasteiger partial charge on any atom is -0.496 e. The van der Waals surface area contributed by atoms with E-state index in [1.54, 1.807) is 13.3 Å². The van der Waals surface area contributed by atoms with Gasteiger partial charge >= 0.3 is 0 Å². The quantitative estimate of drug-likeness (QED) is 0.672. The Bertz CT molecular complexity index is 770. The second-order valence-electron chi connectivity index (χ2n) is 4.58. The van der Waals surface area contributed by atoms with Crippen molar-refractivity contribution >= 4 is 11.6 Å². The van der Waals surface area contributed by atoms with Gasteiger partial charge in [0.05, 0.1) is 12.8 Å². The van der Waals surface area contributed by atoms with E-state index in [0.29, 0.717) is 5.02 Å². The van der Waals surface area contributed by atoms with Crippen LogP contribution < -0.4 is 4.74 Å². The highest BCUT2D eigenvalue weighted by Gasteiger charge is 2.13. The Morgan fingerprint density at radius 2 is 1.48 bits per heavy atom. The first-order valence-electron chi connectivity index (χ1n) is 6.64. The number of rotatable bonds is 3. The van der Waals surface area contributed by atoms with E-state index in [1.807, 2.05) is 60.7 Å². The van der Waals surface area contributed by atoms with Crippen LogP contribution in [0.1, 0.15) is 0 Å². The molecule has 3 rings (SSSR count). The fraction of sp³-hybridized carbons (Fsp3) is 0.0556. The molecule has 0 aliphatic heterocycles. The molecule has 2 aromatic carbocycles. The zero-order chi connectivity index (χ0) is 14.7. The fourth-order valence-electron chi connectivity index (χ4n) is 2.36. The smallest absolute Gasteiger partial charge is 0.126 e. The van der Waals surface area contributed by atoms with Crippen LogP contribution in [0.3, 0.4) is 0 Å². The number of hydrogen-bond donors (Lipinski definition) is 0. The summed E-state index contributed by atoms with van der Waals surface area (Å²) in [7, 11) is 1.67. The molecule has 0 fully saturated rings. The van der Waals surface area contributed by atoms with Gasteiger partial charge in [0.15, 0.2) is 0 Å². The monoisotopic (exact) mass is 295 g/mol. The van der Waals surface area contributed by atoms with Crippen molar-refractivity contribution in [3.8, 4) is 28.1 Å². The van der Waals surface area contributed by atoms with Gasteiger partial charge in [-0.25, -0.2) is 0 Å². The lowest BCUT2D eigenvalue weighted by molar-refractivity contribution is 0.416. The molecule has 0 aliphatic rings. The summed E-state index contributed by atoms with van der Waals surface area (Å²) < 4.78 is 5.46. The molecule has 0 aliphatic carbocycles. The number of ether oxygens (including phenoxy) is 1. The van der Waals surface area contributed by atoms with Gasteiger partial charge in [0.25, 0.3) is 0 Å². The summed E-state index contributed by atoms with van der Waals surface area (Å²) in [6, 6.07) is 19.6. The molecule has 0 saturated carbocycles. The number of pyridine rings is 1. The summed E-state index contributed by atoms with van der Waals surface area (Å²) in [5.41, 5.74) is 3.78. The van der Waals surface area contributed by atoms with Crippen LogP contribution in [0.5, 0.6) is 5.75 Å². The molecule has 0 atom stereocenters. The Morgan fingerprint density at radius 1 is 0.810 bits per heavy atom. The van der Waals surface area contributed by atoms with Crippen molar-refractivity contribution in [3.05, 3.63) is 71.9 Å². The highest BCUT2D eigenvalue weighted by molar-refractivity contribution is 6.33. The summed E-state index contributed by atoms with van der Waals surface area (Å²) in [5.74, 6) is 0.818. The Hall–Kier alpha value is -2.32. The minimum absolute atomic E-state index is 0.687. The second-order valence-corrected chi connectivity index (χ2v) is 4.99. The minimum atomic E-state index is 0.687. The molecule has 3 heteroatoms. The van der Waals surface area contributed by atoms with Crippen LogP contribution in [0.25, 0.3) is 22.4 Å². The predicted molar refractivity (Wildman–Crippen MR) is 86.7 cm³/mol. The molecular formula is C18H14ClNO. The summed E-state index contributed by atoms with van der Waals surface area (Å²) in [6.07, 6.45) is 1.78. The first kappa shape index (κ1) is 13.7. The SMILES string of the molecule is COc1ccccc1-c1cccnc1-c1ccccc1Cl. The van der Waals surface area contributed by atoms with Crippen LogP contribution in [0, 0.1) is 0 Å². The van der Waals surface area contributed by atoms with Crippen LogP contribution in [0.2, 0.25) is 5.02 Å². The van der Waals surface area contributed by atoms with Gasteiger partial charge in [0.1, 0.15) is 5.75 Å². The van der Waals surface area contributed by atoms with Crippen LogP contribution in [-0.2, 0) is 0 Å². The van der Waals surface area contributed by atoms with Crippen LogP contribution >= 0.6 is 11.6 Å². The Morgan fingerprint density at radius 3 is 2.24 bits per heavy atom. The van der Waals surface area contributed by atoms with Crippen molar-refractivity contribution in [1.82, 2.24) is 4.98 Å². The molecular weight excluding hydrogens is 282 g/mol. The number of hydrogen-bond acceptors (Lipinski definition) is 2. The third-order valence-electron chi connectivity index (χ3n) is 3.33. The lowest BCUT2D eigenvalue weighted by atomic mass is 9.98. The van der Waals surface area contributed by atoms with Gasteiger partial charge in [0.2, 0.25) is 0 Å². The Kier molecular flexibility index (Phi) is 3.89. The van der Waals surface area contributed by atoms with Crippen LogP contribution in [0.15, 0.2) is 66.9 Å². The summed E-state index contributed by atoms with van der Waals surface area (Å²) in [5, 5.41) is 0.687. The number of methoxy groups -OCH3 is 1. The molecule has 2 nitrogen and oxygen atoms in total. The van der Waals surface area contributed by atoms with E-state index in [1.165, 1.54) is 0 Å². The second kappa shape index (κ2) is 5.98. The van der Waals surface area contributed by atoms with Crippen molar-refractivity contribution in [2.45, 2.75) is 0 Å². The van der Waals surface area contributed by atoms with Gasteiger partial charge in [0, 0.05) is 27.9 Å². The van der Waals surface area contributed by atoms with E-state index in [4.69, 9.17) is 16.3 Å². The molecule has 0 radical (unpaired) electrons. The molecule has 0 saturated heterocycles. The van der Waals surface area contributed by atoms with E-state index >= 15 is 0 Å². The van der Waals surface area contributed by atoms with Gasteiger partial charge in [-0.1, -0.05) is 54.1 Å². The molecule has 0 spiro atoms. The Labute approximate surface area is 129 Å². The summed E-state index contributed by atoms with van der Waals surface area (Å²) >= 11 is 6.32. The van der Waals surface area contributed by atoms with Gasteiger partial charge in [-0.15, -0.1) is 0 Å². The van der Waals surface area contributed by atoms with Crippen LogP contribution in [0.4, 0.5) is 0 Å². The summed E-state index contributed by atoms with van der Waals surface area (Å²) in [6.45, 7) is 0. The van der Waals surface area contributed by atoms with Gasteiger partial charge in [-0.3, -0.25) is 4.98 Å². The number of halogens is 1. The van der Waals surface area contributed by atoms with E-state index < -0.39 is 0 Å². The lowest BCUT2D eigenvalue weighted by Crippen LogP contribution is -1.92. The van der Waals surface area contributed by atoms with Crippen molar-refractivity contribution in [1.29, 1.82) is 0 Å². The maximum absolute atomic E-state index is 6.32. The lowest BCUT2D eigenvalue weighted by Gasteiger charge is -2.13. The molecule has 0 unspecified atom stereocenters. The highest BCUT2D eigenvalue weighted by Crippen LogP contribution is 2.37. The molecule has 0 N–H and O–H groups in total. The van der Waals surface area contributed by atoms with E-state index in [-0.39, 0.29) is 0 Å². The van der Waals surface area contributed by atoms with E-state index in [0.717, 1.165) is 28.1 Å². The van der Waals surface area contributed by atoms with E-state index in [9.17, 15) is 0 Å². The van der Waals surface area contributed by atoms with Crippen molar-refractivity contribution in [3.63, 3.8) is 0 Å². The number of aromatic nitrogens is 1. The molecule has 0 amide bonds. The third kappa shape index (κ3) is 2.63. The van der Waals surface area contributed by atoms with Crippen LogP contribution in [-0.4, -0.2) is 12.1 Å². The van der Waals surface area contributed by atoms with Crippen molar-refractivity contribution in [2.75, 3.05) is 7.11 Å². The number of benzene rings is 2. The molecule has 1 aromatic heterocycles. The zero-order valence-corrected chi connectivity index (χ0v) is 12.3. The third-order valence-corrected chi connectivity index (χ3v) is 3.66. The van der Waals surface area contributed by atoms with Gasteiger partial charge < -0.3 is 4.74 Å². The predicted octanol–water partition coefficient (Wildman–Crippen LogP) is 5.08. The van der Waals surface area contributed by atoms with Crippen molar-refractivity contribution < 1.29 is 4.74 Å². The number of nitrogens with zero attached hydrogens (tertiary/aromatic N) is 1. The average Bonchev–Trinajstić information content (AvgIpc) is 2.55. The van der Waals surface area contributed by atoms with Crippen molar-refractivity contribution in [2.24, 2.45) is 0 Å². The zero-order valence-electron chi connectivity index (χ0n) is 11.6. The van der Waals surface area contributed by atoms with Gasteiger partial charge in [-0.05, 0) is 18.2 Å². The fourth-order valence-corrected chi connectivity index (χ4v) is 2.58. The largest absolute Gasteiger partial charge is 0.496 e. The normalized spacial score (nSPS) is 10.4. The molecule has 3 aromatic rings.